The molecule has 9 heavy (non-hydrogen) atoms. The van der Waals surface area contributed by atoms with E-state index in [-0.39, 0.29) is 0 Å². The summed E-state index contributed by atoms with van der Waals surface area (Å²) >= 11 is 0. The average molecular weight is 123 g/mol. The normalized spacial score (nSPS) is 10.7. The molecule has 0 bridgehead atoms. The second kappa shape index (κ2) is 2.91. The van der Waals surface area contributed by atoms with Gasteiger partial charge in [-0.15, -0.1) is 0 Å². The number of aromatic amines is 1. The van der Waals surface area contributed by atoms with Gasteiger partial charge in [0.1, 0.15) is 0 Å². The molecule has 3 N–H and O–H groups in total. The summed E-state index contributed by atoms with van der Waals surface area (Å²) in [4.78, 5) is 0. The van der Waals surface area contributed by atoms with Crippen molar-refractivity contribution in [3.63, 3.8) is 0 Å². The molecule has 0 saturated carbocycles. The first kappa shape index (κ1) is 5.88. The number of nitrogens with zero attached hydrogens (tertiary/aromatic N) is 1. The molecule has 1 aromatic rings. The summed E-state index contributed by atoms with van der Waals surface area (Å²) in [5.41, 5.74) is 6.21. The molecule has 0 aromatic carbocycles. The molecule has 0 aliphatic carbocycles. The maximum atomic E-state index is 5.13. The van der Waals surface area contributed by atoms with E-state index in [4.69, 9.17) is 5.73 Å². The summed E-state index contributed by atoms with van der Waals surface area (Å²) in [6.45, 7) is 0. The lowest BCUT2D eigenvalue weighted by Gasteiger charge is -1.83. The number of nitrogens with two attached hydrogens (primary N) is 1. The van der Waals surface area contributed by atoms with Gasteiger partial charge < -0.3 is 5.73 Å². The summed E-state index contributed by atoms with van der Waals surface area (Å²) in [6, 6.07) is 1.92. The molecule has 1 aromatic heterocycles. The Morgan fingerprint density at radius 1 is 1.78 bits per heavy atom. The van der Waals surface area contributed by atoms with Crippen LogP contribution in [0.5, 0.6) is 0 Å². The summed E-state index contributed by atoms with van der Waals surface area (Å²) in [7, 11) is 0. The van der Waals surface area contributed by atoms with Gasteiger partial charge in [0.15, 0.2) is 0 Å². The van der Waals surface area contributed by atoms with E-state index in [9.17, 15) is 0 Å². The molecule has 0 fully saturated rings. The lowest BCUT2D eigenvalue weighted by atomic mass is 10.3. The Labute approximate surface area is 53.6 Å². The number of hydrogen-bond donors (Lipinski definition) is 2. The predicted molar refractivity (Wildman–Crippen MR) is 35.6 cm³/mol. The quantitative estimate of drug-likeness (QED) is 0.599. The molecule has 0 atom stereocenters. The first-order chi connectivity index (χ1) is 4.43. The van der Waals surface area contributed by atoms with E-state index in [1.807, 2.05) is 12.1 Å². The molecule has 48 valence electrons. The Morgan fingerprint density at radius 3 is 3.22 bits per heavy atom. The molecule has 0 saturated heterocycles. The van der Waals surface area contributed by atoms with Crippen molar-refractivity contribution in [3.8, 4) is 0 Å². The van der Waals surface area contributed by atoms with Crippen molar-refractivity contribution in [2.45, 2.75) is 6.42 Å². The van der Waals surface area contributed by atoms with Crippen molar-refractivity contribution >= 4 is 0 Å². The third-order valence-corrected chi connectivity index (χ3v) is 1.03. The monoisotopic (exact) mass is 123 g/mol. The van der Waals surface area contributed by atoms with Crippen LogP contribution in [0.15, 0.2) is 24.5 Å². The number of nitrogens with one attached hydrogen (secondary N) is 1. The molecular formula is C6H9N3. The molecule has 0 radical (unpaired) electrons. The molecule has 0 spiro atoms. The van der Waals surface area contributed by atoms with Crippen LogP contribution in [0.3, 0.4) is 0 Å². The van der Waals surface area contributed by atoms with Gasteiger partial charge in [0.2, 0.25) is 0 Å². The number of rotatable bonds is 2. The van der Waals surface area contributed by atoms with Gasteiger partial charge in [-0.2, -0.15) is 5.10 Å². The second-order valence-corrected chi connectivity index (χ2v) is 1.71. The Hall–Kier alpha value is -1.25. The first-order valence-corrected chi connectivity index (χ1v) is 2.78. The van der Waals surface area contributed by atoms with Crippen LogP contribution in [0, 0.1) is 0 Å². The third kappa shape index (κ3) is 1.60. The van der Waals surface area contributed by atoms with E-state index in [0.29, 0.717) is 0 Å². The molecule has 0 unspecified atom stereocenters. The van der Waals surface area contributed by atoms with Crippen molar-refractivity contribution in [1.29, 1.82) is 0 Å². The molecule has 0 aliphatic heterocycles. The number of hydrogen-bond acceptors (Lipinski definition) is 2. The van der Waals surface area contributed by atoms with Crippen molar-refractivity contribution in [3.05, 3.63) is 30.2 Å². The van der Waals surface area contributed by atoms with Gasteiger partial charge in [0, 0.05) is 18.3 Å². The van der Waals surface area contributed by atoms with E-state index in [2.05, 4.69) is 10.2 Å². The number of H-pyrrole nitrogens is 1. The van der Waals surface area contributed by atoms with Crippen LogP contribution < -0.4 is 5.73 Å². The molecule has 3 nitrogen and oxygen atoms in total. The summed E-state index contributed by atoms with van der Waals surface area (Å²) in [6.07, 6.45) is 5.95. The fraction of sp³-hybridized carbons (Fsp3) is 0.167. The topological polar surface area (TPSA) is 54.7 Å². The van der Waals surface area contributed by atoms with Crippen molar-refractivity contribution in [2.75, 3.05) is 0 Å². The predicted octanol–water partition coefficient (Wildman–Crippen LogP) is 0.425. The summed E-state index contributed by atoms with van der Waals surface area (Å²) in [5, 5.41) is 6.59. The molecule has 0 aliphatic rings. The van der Waals surface area contributed by atoms with Crippen LogP contribution in [-0.2, 0) is 6.42 Å². The summed E-state index contributed by atoms with van der Waals surface area (Å²) in [5.74, 6) is 0. The minimum atomic E-state index is 0.830. The van der Waals surface area contributed by atoms with Gasteiger partial charge in [-0.05, 0) is 12.3 Å². The molecule has 0 amide bonds. The fourth-order valence-electron chi connectivity index (χ4n) is 0.593. The first-order valence-electron chi connectivity index (χ1n) is 2.78. The van der Waals surface area contributed by atoms with Crippen LogP contribution in [0.4, 0.5) is 0 Å². The lowest BCUT2D eigenvalue weighted by Crippen LogP contribution is -1.82. The van der Waals surface area contributed by atoms with Crippen LogP contribution >= 0.6 is 0 Å². The Balaban J connectivity index is 2.48. The van der Waals surface area contributed by atoms with Crippen LogP contribution in [0.2, 0.25) is 0 Å². The fourth-order valence-corrected chi connectivity index (χ4v) is 0.593. The Morgan fingerprint density at radius 2 is 2.67 bits per heavy atom. The number of allylic oxidation sites excluding steroid dienone is 1. The zero-order chi connectivity index (χ0) is 6.53. The van der Waals surface area contributed by atoms with E-state index in [0.717, 1.165) is 12.1 Å². The van der Waals surface area contributed by atoms with Gasteiger partial charge in [0.05, 0.1) is 0 Å². The zero-order valence-corrected chi connectivity index (χ0v) is 5.04. The average Bonchev–Trinajstić information content (AvgIpc) is 2.34. The highest BCUT2D eigenvalue weighted by Crippen LogP contribution is 1.91. The third-order valence-electron chi connectivity index (χ3n) is 1.03. The maximum absolute atomic E-state index is 5.13. The van der Waals surface area contributed by atoms with Crippen LogP contribution in [0.1, 0.15) is 5.69 Å². The van der Waals surface area contributed by atoms with Gasteiger partial charge in [-0.25, -0.2) is 0 Å². The van der Waals surface area contributed by atoms with E-state index in [1.165, 1.54) is 6.20 Å². The van der Waals surface area contributed by atoms with Gasteiger partial charge in [-0.3, -0.25) is 5.10 Å². The van der Waals surface area contributed by atoms with Crippen molar-refractivity contribution in [2.24, 2.45) is 5.73 Å². The smallest absolute Gasteiger partial charge is 0.0490 e. The molecule has 3 heteroatoms. The minimum absolute atomic E-state index is 0.830. The van der Waals surface area contributed by atoms with Gasteiger partial charge in [-0.1, -0.05) is 6.08 Å². The number of aromatic nitrogens is 2. The van der Waals surface area contributed by atoms with Crippen molar-refractivity contribution in [1.82, 2.24) is 10.2 Å². The van der Waals surface area contributed by atoms with Crippen LogP contribution in [-0.4, -0.2) is 10.2 Å². The molecular weight excluding hydrogens is 114 g/mol. The van der Waals surface area contributed by atoms with Gasteiger partial charge in [0.25, 0.3) is 0 Å². The van der Waals surface area contributed by atoms with Crippen molar-refractivity contribution < 1.29 is 0 Å². The standard InChI is InChI=1S/C6H9N3/c7-4-1-2-6-3-5-8-9-6/h1,3-5H,2,7H2,(H,8,9). The second-order valence-electron chi connectivity index (χ2n) is 1.71. The highest BCUT2D eigenvalue weighted by molar-refractivity contribution is 5.02. The largest absolute Gasteiger partial charge is 0.405 e. The highest BCUT2D eigenvalue weighted by atomic mass is 15.1. The Bertz CT molecular complexity index is 176. The molecule has 1 rings (SSSR count). The van der Waals surface area contributed by atoms with E-state index < -0.39 is 0 Å². The van der Waals surface area contributed by atoms with Crippen LogP contribution in [0.25, 0.3) is 0 Å². The molecule has 1 heterocycles. The van der Waals surface area contributed by atoms with E-state index >= 15 is 0 Å². The minimum Gasteiger partial charge on any atom is -0.405 e. The Kier molecular flexibility index (Phi) is 1.90. The maximum Gasteiger partial charge on any atom is 0.0490 e. The highest BCUT2D eigenvalue weighted by Gasteiger charge is 1.85. The van der Waals surface area contributed by atoms with E-state index in [1.54, 1.807) is 6.20 Å². The SMILES string of the molecule is NC=CCc1ccn[nH]1. The zero-order valence-electron chi connectivity index (χ0n) is 5.04. The lowest BCUT2D eigenvalue weighted by molar-refractivity contribution is 1.01. The summed E-state index contributed by atoms with van der Waals surface area (Å²) < 4.78 is 0. The van der Waals surface area contributed by atoms with Gasteiger partial charge >= 0.3 is 0 Å².